The van der Waals surface area contributed by atoms with Crippen molar-refractivity contribution in [1.29, 1.82) is 0 Å². The van der Waals surface area contributed by atoms with Gasteiger partial charge in [0.2, 0.25) is 0 Å². The number of aliphatic hydroxyl groups excluding tert-OH is 1. The molecule has 0 aromatic rings. The van der Waals surface area contributed by atoms with E-state index in [1.165, 1.54) is 19.3 Å². The molecule has 0 radical (unpaired) electrons. The molecule has 3 nitrogen and oxygen atoms in total. The minimum Gasteiger partial charge on any atom is -0.396 e. The van der Waals surface area contributed by atoms with Gasteiger partial charge >= 0.3 is 0 Å². The van der Waals surface area contributed by atoms with Crippen LogP contribution in [0, 0.1) is 23.2 Å². The smallest absolute Gasteiger partial charge is 0.0684 e. The number of hydrogen-bond donors (Lipinski definition) is 2. The summed E-state index contributed by atoms with van der Waals surface area (Å²) in [6.45, 7) is 11.5. The zero-order valence-corrected chi connectivity index (χ0v) is 13.7. The summed E-state index contributed by atoms with van der Waals surface area (Å²) in [6, 6.07) is 0.584. The first-order chi connectivity index (χ1) is 9.46. The summed E-state index contributed by atoms with van der Waals surface area (Å²) in [6.07, 6.45) is 5.09. The Morgan fingerprint density at radius 3 is 2.75 bits per heavy atom. The Labute approximate surface area is 124 Å². The van der Waals surface area contributed by atoms with Gasteiger partial charge in [0.15, 0.2) is 0 Å². The maximum atomic E-state index is 9.23. The van der Waals surface area contributed by atoms with Gasteiger partial charge in [0.05, 0.1) is 6.10 Å². The summed E-state index contributed by atoms with van der Waals surface area (Å²) in [5, 5.41) is 13.0. The Hall–Kier alpha value is -0.120. The van der Waals surface area contributed by atoms with Gasteiger partial charge < -0.3 is 15.2 Å². The molecule has 1 saturated heterocycles. The Morgan fingerprint density at radius 1 is 1.35 bits per heavy atom. The van der Waals surface area contributed by atoms with Crippen LogP contribution in [0.1, 0.15) is 53.4 Å². The Bertz CT molecular complexity index is 303. The van der Waals surface area contributed by atoms with Crippen LogP contribution in [0.15, 0.2) is 0 Å². The van der Waals surface area contributed by atoms with Crippen LogP contribution in [0.3, 0.4) is 0 Å². The first kappa shape index (κ1) is 16.3. The van der Waals surface area contributed by atoms with Gasteiger partial charge in [-0.1, -0.05) is 27.7 Å². The van der Waals surface area contributed by atoms with Crippen molar-refractivity contribution in [2.45, 2.75) is 65.5 Å². The van der Waals surface area contributed by atoms with Gasteiger partial charge in [0.25, 0.3) is 0 Å². The van der Waals surface area contributed by atoms with Gasteiger partial charge in [0.1, 0.15) is 0 Å². The van der Waals surface area contributed by atoms with Crippen molar-refractivity contribution in [1.82, 2.24) is 5.32 Å². The van der Waals surface area contributed by atoms with Gasteiger partial charge in [-0.15, -0.1) is 0 Å². The molecule has 2 N–H and O–H groups in total. The molecule has 1 saturated carbocycles. The molecule has 0 aromatic heterocycles. The highest BCUT2D eigenvalue weighted by Crippen LogP contribution is 2.51. The molecule has 20 heavy (non-hydrogen) atoms. The molecule has 1 aliphatic carbocycles. The summed E-state index contributed by atoms with van der Waals surface area (Å²) in [5.74, 6) is 2.00. The van der Waals surface area contributed by atoms with E-state index in [-0.39, 0.29) is 5.41 Å². The van der Waals surface area contributed by atoms with Gasteiger partial charge in [0, 0.05) is 30.6 Å². The summed E-state index contributed by atoms with van der Waals surface area (Å²) in [4.78, 5) is 0. The Morgan fingerprint density at radius 2 is 2.10 bits per heavy atom. The number of ether oxygens (including phenoxy) is 1. The van der Waals surface area contributed by atoms with E-state index in [1.54, 1.807) is 0 Å². The molecular formula is C17H33NO2. The summed E-state index contributed by atoms with van der Waals surface area (Å²) in [5.41, 5.74) is 0.257. The van der Waals surface area contributed by atoms with Crippen LogP contribution in [0.5, 0.6) is 0 Å². The Balaban J connectivity index is 1.85. The van der Waals surface area contributed by atoms with E-state index >= 15 is 0 Å². The molecule has 0 bridgehead atoms. The third-order valence-electron chi connectivity index (χ3n) is 5.30. The quantitative estimate of drug-likeness (QED) is 0.755. The standard InChI is InChI=1S/C17H33NO2/c1-12(2)10-13(7-8-19)11-18-15-14-6-5-9-20-16(14)17(15,3)4/h12-16,18-19H,5-11H2,1-4H3. The zero-order chi connectivity index (χ0) is 14.8. The second kappa shape index (κ2) is 6.76. The molecule has 2 aliphatic rings. The van der Waals surface area contributed by atoms with Crippen molar-refractivity contribution in [2.75, 3.05) is 19.8 Å². The number of hydrogen-bond acceptors (Lipinski definition) is 3. The van der Waals surface area contributed by atoms with Crippen molar-refractivity contribution in [3.63, 3.8) is 0 Å². The maximum Gasteiger partial charge on any atom is 0.0684 e. The van der Waals surface area contributed by atoms with Gasteiger partial charge in [-0.2, -0.15) is 0 Å². The van der Waals surface area contributed by atoms with Crippen LogP contribution < -0.4 is 5.32 Å². The van der Waals surface area contributed by atoms with Gasteiger partial charge in [-0.05, 0) is 44.1 Å². The van der Waals surface area contributed by atoms with Gasteiger partial charge in [-0.3, -0.25) is 0 Å². The fraction of sp³-hybridized carbons (Fsp3) is 1.00. The largest absolute Gasteiger partial charge is 0.396 e. The van der Waals surface area contributed by atoms with Crippen LogP contribution in [-0.2, 0) is 4.74 Å². The number of rotatable bonds is 7. The summed E-state index contributed by atoms with van der Waals surface area (Å²) in [7, 11) is 0. The van der Waals surface area contributed by atoms with E-state index in [2.05, 4.69) is 33.0 Å². The normalized spacial score (nSPS) is 33.6. The lowest BCUT2D eigenvalue weighted by molar-refractivity contribution is -0.193. The second-order valence-electron chi connectivity index (χ2n) is 7.81. The van der Waals surface area contributed by atoms with Crippen molar-refractivity contribution in [2.24, 2.45) is 23.2 Å². The van der Waals surface area contributed by atoms with Crippen molar-refractivity contribution in [3.05, 3.63) is 0 Å². The molecular weight excluding hydrogens is 250 g/mol. The highest BCUT2D eigenvalue weighted by Gasteiger charge is 2.57. The molecule has 118 valence electrons. The summed E-state index contributed by atoms with van der Waals surface area (Å²) < 4.78 is 5.96. The lowest BCUT2D eigenvalue weighted by Gasteiger charge is -2.60. The average Bonchev–Trinajstić information content (AvgIpc) is 2.38. The molecule has 2 rings (SSSR count). The molecule has 1 heterocycles. The van der Waals surface area contributed by atoms with Crippen LogP contribution in [0.2, 0.25) is 0 Å². The maximum absolute atomic E-state index is 9.23. The first-order valence-electron chi connectivity index (χ1n) is 8.42. The van der Waals surface area contributed by atoms with E-state index in [4.69, 9.17) is 4.74 Å². The van der Waals surface area contributed by atoms with Crippen molar-refractivity contribution < 1.29 is 9.84 Å². The number of fused-ring (bicyclic) bond motifs is 1. The van der Waals surface area contributed by atoms with E-state index in [9.17, 15) is 5.11 Å². The predicted octanol–water partition coefficient (Wildman–Crippen LogP) is 2.82. The molecule has 4 atom stereocenters. The van der Waals surface area contributed by atoms with Crippen LogP contribution in [0.4, 0.5) is 0 Å². The monoisotopic (exact) mass is 283 g/mol. The number of nitrogens with one attached hydrogen (secondary N) is 1. The predicted molar refractivity (Wildman–Crippen MR) is 82.7 cm³/mol. The number of aliphatic hydroxyl groups is 1. The highest BCUT2D eigenvalue weighted by atomic mass is 16.5. The SMILES string of the molecule is CC(C)CC(CCO)CNC1C2CCCOC2C1(C)C. The van der Waals surface area contributed by atoms with E-state index in [1.807, 2.05) is 0 Å². The second-order valence-corrected chi connectivity index (χ2v) is 7.81. The lowest BCUT2D eigenvalue weighted by Crippen LogP contribution is -2.69. The van der Waals surface area contributed by atoms with Crippen LogP contribution in [-0.4, -0.2) is 37.0 Å². The van der Waals surface area contributed by atoms with Crippen LogP contribution >= 0.6 is 0 Å². The molecule has 3 heteroatoms. The zero-order valence-electron chi connectivity index (χ0n) is 13.7. The molecule has 0 spiro atoms. The molecule has 0 amide bonds. The van der Waals surface area contributed by atoms with E-state index < -0.39 is 0 Å². The summed E-state index contributed by atoms with van der Waals surface area (Å²) >= 11 is 0. The molecule has 2 fully saturated rings. The third-order valence-corrected chi connectivity index (χ3v) is 5.30. The minimum atomic E-state index is 0.257. The molecule has 4 unspecified atom stereocenters. The van der Waals surface area contributed by atoms with Crippen LogP contribution in [0.25, 0.3) is 0 Å². The fourth-order valence-electron chi connectivity index (χ4n) is 4.38. The molecule has 1 aliphatic heterocycles. The first-order valence-corrected chi connectivity index (χ1v) is 8.42. The van der Waals surface area contributed by atoms with Crippen molar-refractivity contribution >= 4 is 0 Å². The lowest BCUT2D eigenvalue weighted by atomic mass is 9.55. The minimum absolute atomic E-state index is 0.257. The van der Waals surface area contributed by atoms with E-state index in [0.717, 1.165) is 19.6 Å². The fourth-order valence-corrected chi connectivity index (χ4v) is 4.38. The topological polar surface area (TPSA) is 41.5 Å². The Kier molecular flexibility index (Phi) is 5.49. The van der Waals surface area contributed by atoms with Gasteiger partial charge in [-0.25, -0.2) is 0 Å². The third kappa shape index (κ3) is 3.37. The average molecular weight is 283 g/mol. The van der Waals surface area contributed by atoms with E-state index in [0.29, 0.717) is 36.5 Å². The molecule has 0 aromatic carbocycles. The van der Waals surface area contributed by atoms with Crippen molar-refractivity contribution in [3.8, 4) is 0 Å². The highest BCUT2D eigenvalue weighted by molar-refractivity contribution is 5.10.